The van der Waals surface area contributed by atoms with Crippen LogP contribution in [-0.4, -0.2) is 34.8 Å². The van der Waals surface area contributed by atoms with Gasteiger partial charge in [-0.15, -0.1) is 0 Å². The zero-order valence-corrected chi connectivity index (χ0v) is 16.9. The maximum Gasteiger partial charge on any atom is 0.435 e. The van der Waals surface area contributed by atoms with Crippen molar-refractivity contribution < 1.29 is 19.1 Å². The summed E-state index contributed by atoms with van der Waals surface area (Å²) in [5, 5.41) is 10.0. The molecular formula is C21H21N5O4. The number of nitrogens with zero attached hydrogens (tertiary/aromatic N) is 4. The number of carbonyl (C=O) groups is 2. The van der Waals surface area contributed by atoms with Crippen molar-refractivity contribution in [3.63, 3.8) is 0 Å². The molecule has 154 valence electrons. The summed E-state index contributed by atoms with van der Waals surface area (Å²) < 4.78 is 11.8. The molecule has 3 rings (SSSR count). The lowest BCUT2D eigenvalue weighted by atomic mass is 10.1. The van der Waals surface area contributed by atoms with E-state index in [4.69, 9.17) is 14.7 Å². The number of hydrogen-bond acceptors (Lipinski definition) is 6. The van der Waals surface area contributed by atoms with Gasteiger partial charge in [-0.25, -0.2) is 20.0 Å². The number of anilines is 1. The first-order valence-electron chi connectivity index (χ1n) is 9.38. The molecule has 30 heavy (non-hydrogen) atoms. The molecule has 2 aromatic heterocycles. The lowest BCUT2D eigenvalue weighted by molar-refractivity contribution is 0.138. The first-order chi connectivity index (χ1) is 14.5. The molecule has 0 atom stereocenters. The molecule has 0 saturated carbocycles. The van der Waals surface area contributed by atoms with E-state index in [1.54, 1.807) is 54.8 Å². The van der Waals surface area contributed by atoms with Crippen LogP contribution in [0.5, 0.6) is 0 Å². The molecule has 0 spiro atoms. The number of benzene rings is 1. The van der Waals surface area contributed by atoms with Crippen LogP contribution in [0.3, 0.4) is 0 Å². The van der Waals surface area contributed by atoms with Gasteiger partial charge in [0.05, 0.1) is 24.8 Å². The van der Waals surface area contributed by atoms with Crippen molar-refractivity contribution >= 4 is 23.7 Å². The largest absolute Gasteiger partial charge is 0.449 e. The molecule has 0 aliphatic heterocycles. The Labute approximate surface area is 173 Å². The molecule has 9 nitrogen and oxygen atoms in total. The summed E-state index contributed by atoms with van der Waals surface area (Å²) in [5.41, 5.74) is 5.50. The number of nitrogens with one attached hydrogen (secondary N) is 1. The number of nitriles is 1. The lowest BCUT2D eigenvalue weighted by Crippen LogP contribution is -2.48. The molecule has 0 aliphatic rings. The van der Waals surface area contributed by atoms with E-state index in [9.17, 15) is 9.59 Å². The maximum atomic E-state index is 12.7. The Morgan fingerprint density at radius 3 is 2.47 bits per heavy atom. The van der Waals surface area contributed by atoms with Crippen molar-refractivity contribution in [1.82, 2.24) is 14.8 Å². The van der Waals surface area contributed by atoms with E-state index in [0.29, 0.717) is 22.5 Å². The van der Waals surface area contributed by atoms with Gasteiger partial charge in [0.2, 0.25) is 0 Å². The number of hydrogen-bond donors (Lipinski definition) is 1. The Balaban J connectivity index is 2.22. The topological polar surface area (TPSA) is 109 Å². The Bertz CT molecular complexity index is 1110. The third-order valence-corrected chi connectivity index (χ3v) is 4.17. The minimum absolute atomic E-state index is 0.113. The molecule has 0 fully saturated rings. The quantitative estimate of drug-likeness (QED) is 0.659. The summed E-state index contributed by atoms with van der Waals surface area (Å²) in [6.45, 7) is 5.48. The number of hydrazine groups is 1. The van der Waals surface area contributed by atoms with E-state index < -0.39 is 12.2 Å². The van der Waals surface area contributed by atoms with Crippen molar-refractivity contribution in [2.75, 3.05) is 18.2 Å². The van der Waals surface area contributed by atoms with E-state index in [2.05, 4.69) is 16.5 Å². The molecule has 0 saturated heterocycles. The van der Waals surface area contributed by atoms with Gasteiger partial charge in [0.15, 0.2) is 5.82 Å². The van der Waals surface area contributed by atoms with Crippen molar-refractivity contribution in [2.24, 2.45) is 0 Å². The fourth-order valence-corrected chi connectivity index (χ4v) is 2.88. The fraction of sp³-hybridized carbons (Fsp3) is 0.238. The smallest absolute Gasteiger partial charge is 0.435 e. The van der Waals surface area contributed by atoms with Crippen LogP contribution in [0.1, 0.15) is 25.0 Å². The van der Waals surface area contributed by atoms with Gasteiger partial charge in [0.25, 0.3) is 0 Å². The Kier molecular flexibility index (Phi) is 6.17. The molecule has 3 aromatic rings. The monoisotopic (exact) mass is 407 g/mol. The molecule has 1 N–H and O–H groups in total. The van der Waals surface area contributed by atoms with E-state index >= 15 is 0 Å². The van der Waals surface area contributed by atoms with Crippen LogP contribution < -0.4 is 10.4 Å². The summed E-state index contributed by atoms with van der Waals surface area (Å²) in [6.07, 6.45) is 0.201. The molecule has 2 amide bonds. The second kappa shape index (κ2) is 8.96. The third kappa shape index (κ3) is 4.17. The predicted octanol–water partition coefficient (Wildman–Crippen LogP) is 3.81. The van der Waals surface area contributed by atoms with E-state index in [1.165, 1.54) is 0 Å². The molecule has 1 aromatic carbocycles. The average Bonchev–Trinajstić information content (AvgIpc) is 3.10. The van der Waals surface area contributed by atoms with E-state index in [1.807, 2.05) is 13.0 Å². The van der Waals surface area contributed by atoms with Crippen LogP contribution in [0, 0.1) is 18.3 Å². The minimum Gasteiger partial charge on any atom is -0.449 e. The normalized spacial score (nSPS) is 10.3. The number of carbonyl (C=O) groups excluding carboxylic acids is 2. The number of ether oxygens (including phenoxy) is 2. The summed E-state index contributed by atoms with van der Waals surface area (Å²) >= 11 is 0. The molecule has 0 radical (unpaired) electrons. The zero-order chi connectivity index (χ0) is 21.7. The predicted molar refractivity (Wildman–Crippen MR) is 110 cm³/mol. The summed E-state index contributed by atoms with van der Waals surface area (Å²) in [7, 11) is 0. The first kappa shape index (κ1) is 20.7. The second-order valence-corrected chi connectivity index (χ2v) is 6.27. The molecule has 0 unspecified atom stereocenters. The molecule has 0 aliphatic carbocycles. The van der Waals surface area contributed by atoms with Gasteiger partial charge in [0.1, 0.15) is 11.3 Å². The van der Waals surface area contributed by atoms with Gasteiger partial charge in [-0.1, -0.05) is 18.2 Å². The van der Waals surface area contributed by atoms with Crippen LogP contribution in [-0.2, 0) is 9.47 Å². The van der Waals surface area contributed by atoms with Crippen LogP contribution in [0.25, 0.3) is 16.9 Å². The van der Waals surface area contributed by atoms with Gasteiger partial charge >= 0.3 is 12.2 Å². The molecular weight excluding hydrogens is 386 g/mol. The fourth-order valence-electron chi connectivity index (χ4n) is 2.88. The number of imidazole rings is 1. The van der Waals surface area contributed by atoms with Crippen molar-refractivity contribution in [1.29, 1.82) is 5.26 Å². The molecule has 9 heteroatoms. The number of pyridine rings is 1. The number of aryl methyl sites for hydroxylation is 1. The highest BCUT2D eigenvalue weighted by Gasteiger charge is 2.28. The number of fused-ring (bicyclic) bond motifs is 1. The van der Waals surface area contributed by atoms with Gasteiger partial charge in [-0.05, 0) is 44.5 Å². The Morgan fingerprint density at radius 1 is 1.13 bits per heavy atom. The van der Waals surface area contributed by atoms with Crippen LogP contribution in [0.2, 0.25) is 0 Å². The van der Waals surface area contributed by atoms with Gasteiger partial charge in [-0.2, -0.15) is 10.3 Å². The van der Waals surface area contributed by atoms with E-state index in [0.717, 1.165) is 10.6 Å². The third-order valence-electron chi connectivity index (χ3n) is 4.17. The lowest BCUT2D eigenvalue weighted by Gasteiger charge is -2.22. The Hall–Kier alpha value is -4.06. The standard InChI is InChI=1S/C21H21N5O4/c1-4-29-20(27)24-26(21(28)30-5-2)19-18(16-9-7-15(12-22)8-10-16)23-17-11-6-14(3)13-25(17)19/h6-11,13H,4-5H2,1-3H3,(H,24,27). The highest BCUT2D eigenvalue weighted by molar-refractivity contribution is 5.94. The minimum atomic E-state index is -0.807. The molecule has 2 heterocycles. The Morgan fingerprint density at radius 2 is 1.83 bits per heavy atom. The summed E-state index contributed by atoms with van der Waals surface area (Å²) in [4.78, 5) is 29.5. The SMILES string of the molecule is CCOC(=O)NN(C(=O)OCC)c1c(-c2ccc(C#N)cc2)nc2ccc(C)cn12. The van der Waals surface area contributed by atoms with Crippen LogP contribution >= 0.6 is 0 Å². The average molecular weight is 407 g/mol. The van der Waals surface area contributed by atoms with Gasteiger partial charge in [-0.3, -0.25) is 4.40 Å². The summed E-state index contributed by atoms with van der Waals surface area (Å²) in [5.74, 6) is 0.282. The van der Waals surface area contributed by atoms with Gasteiger partial charge < -0.3 is 9.47 Å². The van der Waals surface area contributed by atoms with Crippen molar-refractivity contribution in [2.45, 2.75) is 20.8 Å². The van der Waals surface area contributed by atoms with Crippen LogP contribution in [0.4, 0.5) is 15.4 Å². The first-order valence-corrected chi connectivity index (χ1v) is 9.38. The van der Waals surface area contributed by atoms with Crippen molar-refractivity contribution in [3.8, 4) is 17.3 Å². The maximum absolute atomic E-state index is 12.7. The van der Waals surface area contributed by atoms with Gasteiger partial charge in [0, 0.05) is 11.8 Å². The van der Waals surface area contributed by atoms with Crippen LogP contribution in [0.15, 0.2) is 42.6 Å². The summed E-state index contributed by atoms with van der Waals surface area (Å²) in [6, 6.07) is 12.5. The number of amides is 2. The highest BCUT2D eigenvalue weighted by Crippen LogP contribution is 2.32. The van der Waals surface area contributed by atoms with E-state index in [-0.39, 0.29) is 19.0 Å². The number of rotatable bonds is 4. The van der Waals surface area contributed by atoms with Crippen molar-refractivity contribution in [3.05, 3.63) is 53.7 Å². The second-order valence-electron chi connectivity index (χ2n) is 6.27. The molecule has 0 bridgehead atoms. The highest BCUT2D eigenvalue weighted by atomic mass is 16.6. The number of aromatic nitrogens is 2. The zero-order valence-electron chi connectivity index (χ0n) is 16.9.